The van der Waals surface area contributed by atoms with Gasteiger partial charge < -0.3 is 5.11 Å². The van der Waals surface area contributed by atoms with Crippen LogP contribution < -0.4 is 4.72 Å². The van der Waals surface area contributed by atoms with E-state index in [0.29, 0.717) is 5.56 Å². The van der Waals surface area contributed by atoms with Crippen LogP contribution in [-0.4, -0.2) is 30.5 Å². The van der Waals surface area contributed by atoms with Crippen molar-refractivity contribution >= 4 is 21.7 Å². The van der Waals surface area contributed by atoms with Gasteiger partial charge in [-0.2, -0.15) is 4.72 Å². The first kappa shape index (κ1) is 16.1. The molecule has 1 atom stereocenters. The standard InChI is InChI=1S/C11H14N2O6S/c1-6-4-9(13(16)17)7(2)10(5-6)20(18,19)12-8(3)11(14)15/h4-5,8,12H,1-3H3,(H,14,15)/t8-/m0/s1. The number of nitro benzene ring substituents is 1. The van der Waals surface area contributed by atoms with Gasteiger partial charge in [-0.1, -0.05) is 0 Å². The van der Waals surface area contributed by atoms with Crippen molar-refractivity contribution in [1.29, 1.82) is 0 Å². The van der Waals surface area contributed by atoms with Crippen LogP contribution in [0.3, 0.4) is 0 Å². The fourth-order valence-corrected chi connectivity index (χ4v) is 3.16. The van der Waals surface area contributed by atoms with Gasteiger partial charge in [0.25, 0.3) is 5.69 Å². The summed E-state index contributed by atoms with van der Waals surface area (Å²) in [5, 5.41) is 19.6. The second kappa shape index (κ2) is 5.55. The molecule has 0 radical (unpaired) electrons. The summed E-state index contributed by atoms with van der Waals surface area (Å²) in [4.78, 5) is 20.6. The zero-order valence-corrected chi connectivity index (χ0v) is 11.9. The molecule has 20 heavy (non-hydrogen) atoms. The number of nitrogens with one attached hydrogen (secondary N) is 1. The third-order valence-electron chi connectivity index (χ3n) is 2.67. The topological polar surface area (TPSA) is 127 Å². The van der Waals surface area contributed by atoms with E-state index < -0.39 is 27.0 Å². The normalized spacial score (nSPS) is 12.9. The Morgan fingerprint density at radius 2 is 1.95 bits per heavy atom. The third kappa shape index (κ3) is 3.31. The number of carboxylic acid groups (broad SMARTS) is 1. The average Bonchev–Trinajstić information content (AvgIpc) is 2.30. The molecule has 0 fully saturated rings. The molecule has 1 aromatic carbocycles. The van der Waals surface area contributed by atoms with E-state index in [1.807, 2.05) is 4.72 Å². The highest BCUT2D eigenvalue weighted by Gasteiger charge is 2.27. The molecule has 0 aliphatic carbocycles. The monoisotopic (exact) mass is 302 g/mol. The number of hydrogen-bond acceptors (Lipinski definition) is 5. The molecule has 0 aliphatic rings. The molecule has 9 heteroatoms. The molecule has 0 saturated heterocycles. The Kier molecular flexibility index (Phi) is 4.46. The summed E-state index contributed by atoms with van der Waals surface area (Å²) in [5.41, 5.74) is 0.0321. The molecular weight excluding hydrogens is 288 g/mol. The van der Waals surface area contributed by atoms with Crippen LogP contribution in [-0.2, 0) is 14.8 Å². The first-order chi connectivity index (χ1) is 9.06. The Bertz CT molecular complexity index is 668. The fourth-order valence-electron chi connectivity index (χ4n) is 1.62. The largest absolute Gasteiger partial charge is 0.480 e. The van der Waals surface area contributed by atoms with Crippen LogP contribution in [0, 0.1) is 24.0 Å². The van der Waals surface area contributed by atoms with E-state index in [2.05, 4.69) is 0 Å². The molecule has 1 aromatic rings. The van der Waals surface area contributed by atoms with E-state index in [0.717, 1.165) is 0 Å². The number of nitrogens with zero attached hydrogens (tertiary/aromatic N) is 1. The zero-order chi connectivity index (χ0) is 15.7. The predicted molar refractivity (Wildman–Crippen MR) is 70.0 cm³/mol. The summed E-state index contributed by atoms with van der Waals surface area (Å²) >= 11 is 0. The first-order valence-corrected chi connectivity index (χ1v) is 7.05. The minimum atomic E-state index is -4.15. The van der Waals surface area contributed by atoms with Crippen molar-refractivity contribution in [2.24, 2.45) is 0 Å². The van der Waals surface area contributed by atoms with Crippen molar-refractivity contribution in [2.45, 2.75) is 31.7 Å². The van der Waals surface area contributed by atoms with Crippen molar-refractivity contribution in [3.8, 4) is 0 Å². The van der Waals surface area contributed by atoms with Gasteiger partial charge in [0, 0.05) is 11.6 Å². The number of aliphatic carboxylic acids is 1. The molecule has 0 saturated carbocycles. The number of carboxylic acids is 1. The van der Waals surface area contributed by atoms with Gasteiger partial charge in [0.2, 0.25) is 10.0 Å². The second-order valence-electron chi connectivity index (χ2n) is 4.35. The van der Waals surface area contributed by atoms with E-state index in [1.54, 1.807) is 0 Å². The van der Waals surface area contributed by atoms with E-state index in [4.69, 9.17) is 5.11 Å². The van der Waals surface area contributed by atoms with E-state index >= 15 is 0 Å². The van der Waals surface area contributed by atoms with Gasteiger partial charge in [0.05, 0.1) is 9.82 Å². The third-order valence-corrected chi connectivity index (χ3v) is 4.33. The summed E-state index contributed by atoms with van der Waals surface area (Å²) in [6, 6.07) is 1.19. The summed E-state index contributed by atoms with van der Waals surface area (Å²) in [5.74, 6) is -1.34. The highest BCUT2D eigenvalue weighted by Crippen LogP contribution is 2.27. The van der Waals surface area contributed by atoms with Crippen molar-refractivity contribution in [2.75, 3.05) is 0 Å². The van der Waals surface area contributed by atoms with E-state index in [1.165, 1.54) is 32.9 Å². The first-order valence-electron chi connectivity index (χ1n) is 5.57. The van der Waals surface area contributed by atoms with Gasteiger partial charge in [-0.3, -0.25) is 14.9 Å². The van der Waals surface area contributed by atoms with Crippen molar-refractivity contribution in [1.82, 2.24) is 4.72 Å². The molecule has 0 amide bonds. The van der Waals surface area contributed by atoms with Crippen LogP contribution in [0.2, 0.25) is 0 Å². The molecular formula is C11H14N2O6S. The smallest absolute Gasteiger partial charge is 0.321 e. The van der Waals surface area contributed by atoms with Gasteiger partial charge in [-0.25, -0.2) is 8.42 Å². The molecule has 1 rings (SSSR count). The van der Waals surface area contributed by atoms with E-state index in [9.17, 15) is 23.3 Å². The zero-order valence-electron chi connectivity index (χ0n) is 11.1. The number of sulfonamides is 1. The van der Waals surface area contributed by atoms with Crippen LogP contribution in [0.15, 0.2) is 17.0 Å². The summed E-state index contributed by atoms with van der Waals surface area (Å²) in [7, 11) is -4.15. The van der Waals surface area contributed by atoms with Crippen molar-refractivity contribution < 1.29 is 23.2 Å². The minimum absolute atomic E-state index is 0.0364. The number of benzene rings is 1. The predicted octanol–water partition coefficient (Wildman–Crippen LogP) is 0.963. The van der Waals surface area contributed by atoms with Gasteiger partial charge in [0.1, 0.15) is 6.04 Å². The number of hydrogen-bond donors (Lipinski definition) is 2. The number of carbonyl (C=O) groups is 1. The molecule has 0 bridgehead atoms. The molecule has 0 aliphatic heterocycles. The summed E-state index contributed by atoms with van der Waals surface area (Å²) in [6.45, 7) is 3.99. The molecule has 0 spiro atoms. The van der Waals surface area contributed by atoms with Gasteiger partial charge >= 0.3 is 5.97 Å². The number of rotatable bonds is 5. The quantitative estimate of drug-likeness (QED) is 0.616. The summed E-state index contributed by atoms with van der Waals surface area (Å²) in [6.07, 6.45) is 0. The van der Waals surface area contributed by atoms with Crippen LogP contribution in [0.4, 0.5) is 5.69 Å². The molecule has 0 unspecified atom stereocenters. The Morgan fingerprint density at radius 1 is 1.40 bits per heavy atom. The lowest BCUT2D eigenvalue weighted by molar-refractivity contribution is -0.385. The van der Waals surface area contributed by atoms with Crippen LogP contribution >= 0.6 is 0 Å². The molecule has 8 nitrogen and oxygen atoms in total. The van der Waals surface area contributed by atoms with Gasteiger partial charge in [-0.05, 0) is 32.4 Å². The highest BCUT2D eigenvalue weighted by atomic mass is 32.2. The molecule has 0 aromatic heterocycles. The van der Waals surface area contributed by atoms with Crippen molar-refractivity contribution in [3.63, 3.8) is 0 Å². The molecule has 110 valence electrons. The lowest BCUT2D eigenvalue weighted by atomic mass is 10.1. The van der Waals surface area contributed by atoms with Crippen LogP contribution in [0.5, 0.6) is 0 Å². The number of aryl methyl sites for hydroxylation is 1. The van der Waals surface area contributed by atoms with Gasteiger partial charge in [0.15, 0.2) is 0 Å². The molecule has 2 N–H and O–H groups in total. The summed E-state index contributed by atoms with van der Waals surface area (Å²) < 4.78 is 26.2. The Labute approximate surface area is 115 Å². The second-order valence-corrected chi connectivity index (χ2v) is 6.03. The van der Waals surface area contributed by atoms with Crippen molar-refractivity contribution in [3.05, 3.63) is 33.4 Å². The van der Waals surface area contributed by atoms with Crippen LogP contribution in [0.1, 0.15) is 18.1 Å². The maximum atomic E-state index is 12.1. The molecule has 0 heterocycles. The minimum Gasteiger partial charge on any atom is -0.480 e. The lowest BCUT2D eigenvalue weighted by Gasteiger charge is -2.13. The number of nitro groups is 1. The van der Waals surface area contributed by atoms with E-state index in [-0.39, 0.29) is 16.1 Å². The van der Waals surface area contributed by atoms with Gasteiger partial charge in [-0.15, -0.1) is 0 Å². The average molecular weight is 302 g/mol. The SMILES string of the molecule is Cc1cc([N+](=O)[O-])c(C)c(S(=O)(=O)N[C@@H](C)C(=O)O)c1. The Balaban J connectivity index is 3.39. The Hall–Kier alpha value is -2.00. The van der Waals surface area contributed by atoms with Crippen LogP contribution in [0.25, 0.3) is 0 Å². The Morgan fingerprint density at radius 3 is 2.40 bits per heavy atom. The maximum Gasteiger partial charge on any atom is 0.321 e. The fraction of sp³-hybridized carbons (Fsp3) is 0.364. The highest BCUT2D eigenvalue weighted by molar-refractivity contribution is 7.89. The maximum absolute atomic E-state index is 12.1. The lowest BCUT2D eigenvalue weighted by Crippen LogP contribution is -2.38.